The highest BCUT2D eigenvalue weighted by molar-refractivity contribution is 7.19. The number of aromatic nitrogens is 2. The van der Waals surface area contributed by atoms with E-state index in [2.05, 4.69) is 34.6 Å². The zero-order valence-electron chi connectivity index (χ0n) is 20.4. The minimum absolute atomic E-state index is 0.260. The zero-order valence-corrected chi connectivity index (χ0v) is 21.2. The number of fused-ring (bicyclic) bond motifs is 1. The van der Waals surface area contributed by atoms with Crippen molar-refractivity contribution in [3.63, 3.8) is 0 Å². The number of pyridine rings is 1. The Morgan fingerprint density at radius 2 is 1.86 bits per heavy atom. The molecule has 4 nitrogen and oxygen atoms in total. The first-order chi connectivity index (χ1) is 17.8. The number of anilines is 1. The number of halogens is 3. The van der Waals surface area contributed by atoms with Crippen LogP contribution in [0.2, 0.25) is 0 Å². The Kier molecular flexibility index (Phi) is 7.58. The number of allylic oxidation sites excluding steroid dienone is 2. The largest absolute Gasteiger partial charge is 0.416 e. The summed E-state index contributed by atoms with van der Waals surface area (Å²) in [5, 5.41) is 6.42. The molecular weight excluding hydrogens is 493 g/mol. The maximum atomic E-state index is 12.8. The number of hydrogen-bond acceptors (Lipinski definition) is 5. The molecule has 1 atom stereocenters. The average molecular weight is 523 g/mol. The third kappa shape index (κ3) is 6.37. The van der Waals surface area contributed by atoms with E-state index in [0.717, 1.165) is 62.6 Å². The van der Waals surface area contributed by atoms with E-state index in [4.69, 9.17) is 10.7 Å². The van der Waals surface area contributed by atoms with Crippen LogP contribution in [0.1, 0.15) is 42.5 Å². The van der Waals surface area contributed by atoms with Gasteiger partial charge in [-0.05, 0) is 79.3 Å². The summed E-state index contributed by atoms with van der Waals surface area (Å²) in [4.78, 5) is 10.3. The predicted molar refractivity (Wildman–Crippen MR) is 145 cm³/mol. The summed E-state index contributed by atoms with van der Waals surface area (Å²) in [6.07, 6.45) is 7.64. The number of alkyl halides is 3. The zero-order chi connectivity index (χ0) is 25.8. The van der Waals surface area contributed by atoms with Crippen molar-refractivity contribution >= 4 is 27.2 Å². The number of benzene rings is 2. The van der Waals surface area contributed by atoms with E-state index >= 15 is 0 Å². The lowest BCUT2D eigenvalue weighted by Crippen LogP contribution is -2.31. The van der Waals surface area contributed by atoms with E-state index in [0.29, 0.717) is 13.0 Å². The Morgan fingerprint density at radius 3 is 2.62 bits per heavy atom. The molecular formula is C29H29F3N4S. The first-order valence-electron chi connectivity index (χ1n) is 12.5. The van der Waals surface area contributed by atoms with Crippen molar-refractivity contribution in [2.24, 2.45) is 5.73 Å². The Hall–Kier alpha value is -3.23. The van der Waals surface area contributed by atoms with Crippen LogP contribution in [0.15, 0.2) is 72.6 Å². The van der Waals surface area contributed by atoms with E-state index in [-0.39, 0.29) is 6.04 Å². The standard InChI is InChI=1S/C29H29F3N4S/c30-29(31,32)24-10-5-20(6-11-24)15-25(33)18-35-28-36-26(12-7-19-3-1-2-4-19)27(37-28)22-8-9-23-17-34-14-13-21(23)16-22/h3,5-6,8-11,13-14,16-17,25H,1-2,4,7,12,15,18,33H2,(H,35,36)/t25-/m0/s1. The lowest BCUT2D eigenvalue weighted by atomic mass is 10.0. The van der Waals surface area contributed by atoms with Gasteiger partial charge in [-0.2, -0.15) is 13.2 Å². The molecule has 2 heterocycles. The second-order valence-electron chi connectivity index (χ2n) is 9.53. The van der Waals surface area contributed by atoms with Gasteiger partial charge in [0.1, 0.15) is 0 Å². The summed E-state index contributed by atoms with van der Waals surface area (Å²) < 4.78 is 38.5. The van der Waals surface area contributed by atoms with Crippen LogP contribution in [-0.2, 0) is 19.0 Å². The highest BCUT2D eigenvalue weighted by Gasteiger charge is 2.30. The lowest BCUT2D eigenvalue weighted by molar-refractivity contribution is -0.137. The van der Waals surface area contributed by atoms with Gasteiger partial charge in [0.05, 0.1) is 16.1 Å². The summed E-state index contributed by atoms with van der Waals surface area (Å²) in [5.74, 6) is 0. The van der Waals surface area contributed by atoms with Crippen molar-refractivity contribution in [1.82, 2.24) is 9.97 Å². The van der Waals surface area contributed by atoms with Gasteiger partial charge in [-0.15, -0.1) is 0 Å². The molecule has 0 radical (unpaired) electrons. The van der Waals surface area contributed by atoms with Crippen LogP contribution in [0.5, 0.6) is 0 Å². The van der Waals surface area contributed by atoms with Gasteiger partial charge in [0, 0.05) is 30.4 Å². The molecule has 0 aliphatic heterocycles. The summed E-state index contributed by atoms with van der Waals surface area (Å²) in [6.45, 7) is 0.474. The minimum atomic E-state index is -4.33. The highest BCUT2D eigenvalue weighted by atomic mass is 32.1. The number of hydrogen-bond donors (Lipinski definition) is 2. The topological polar surface area (TPSA) is 63.8 Å². The van der Waals surface area contributed by atoms with Crippen LogP contribution < -0.4 is 11.1 Å². The SMILES string of the molecule is N[C@H](CNc1nc(CCC2=CCCC2)c(-c2ccc3cnccc3c2)s1)Cc1ccc(C(F)(F)F)cc1. The van der Waals surface area contributed by atoms with Gasteiger partial charge >= 0.3 is 6.18 Å². The smallest absolute Gasteiger partial charge is 0.360 e. The fourth-order valence-corrected chi connectivity index (χ4v) is 5.73. The molecule has 5 rings (SSSR count). The molecule has 0 bridgehead atoms. The van der Waals surface area contributed by atoms with E-state index in [1.165, 1.54) is 37.0 Å². The van der Waals surface area contributed by atoms with Crippen LogP contribution in [0.4, 0.5) is 18.3 Å². The molecule has 2 aromatic carbocycles. The summed E-state index contributed by atoms with van der Waals surface area (Å²) in [6, 6.07) is 13.4. The number of rotatable bonds is 9. The maximum absolute atomic E-state index is 12.8. The fourth-order valence-electron chi connectivity index (χ4n) is 4.71. The fraction of sp³-hybridized carbons (Fsp3) is 0.310. The molecule has 0 amide bonds. The quantitative estimate of drug-likeness (QED) is 0.225. The molecule has 37 heavy (non-hydrogen) atoms. The summed E-state index contributed by atoms with van der Waals surface area (Å²) >= 11 is 1.62. The Morgan fingerprint density at radius 1 is 1.03 bits per heavy atom. The van der Waals surface area contributed by atoms with E-state index in [9.17, 15) is 13.2 Å². The Balaban J connectivity index is 1.30. The molecule has 3 N–H and O–H groups in total. The monoisotopic (exact) mass is 522 g/mol. The van der Waals surface area contributed by atoms with Crippen LogP contribution in [0.25, 0.3) is 21.2 Å². The molecule has 4 aromatic rings. The molecule has 8 heteroatoms. The number of aryl methyl sites for hydroxylation is 1. The molecule has 1 aliphatic carbocycles. The second-order valence-corrected chi connectivity index (χ2v) is 10.5. The third-order valence-corrected chi connectivity index (χ3v) is 7.82. The first kappa shape index (κ1) is 25.4. The van der Waals surface area contributed by atoms with Crippen molar-refractivity contribution < 1.29 is 13.2 Å². The van der Waals surface area contributed by atoms with Gasteiger partial charge in [0.15, 0.2) is 5.13 Å². The molecule has 0 saturated heterocycles. The number of nitrogens with zero attached hydrogens (tertiary/aromatic N) is 2. The Bertz CT molecular complexity index is 1390. The van der Waals surface area contributed by atoms with Crippen LogP contribution in [0, 0.1) is 0 Å². The first-order valence-corrected chi connectivity index (χ1v) is 13.3. The summed E-state index contributed by atoms with van der Waals surface area (Å²) in [7, 11) is 0. The van der Waals surface area contributed by atoms with Gasteiger partial charge in [-0.3, -0.25) is 4.98 Å². The third-order valence-electron chi connectivity index (χ3n) is 6.71. The molecule has 0 saturated carbocycles. The van der Waals surface area contributed by atoms with E-state index < -0.39 is 11.7 Å². The Labute approximate surface area is 218 Å². The molecule has 1 aliphatic rings. The normalized spacial score (nSPS) is 14.6. The number of thiazole rings is 1. The highest BCUT2D eigenvalue weighted by Crippen LogP contribution is 2.36. The maximum Gasteiger partial charge on any atom is 0.416 e. The number of nitrogens with one attached hydrogen (secondary N) is 1. The van der Waals surface area contributed by atoms with Crippen LogP contribution in [0.3, 0.4) is 0 Å². The van der Waals surface area contributed by atoms with Crippen LogP contribution >= 0.6 is 11.3 Å². The van der Waals surface area contributed by atoms with Gasteiger partial charge in [-0.1, -0.05) is 47.3 Å². The van der Waals surface area contributed by atoms with Gasteiger partial charge in [0.2, 0.25) is 0 Å². The van der Waals surface area contributed by atoms with Gasteiger partial charge < -0.3 is 11.1 Å². The minimum Gasteiger partial charge on any atom is -0.360 e. The van der Waals surface area contributed by atoms with Crippen LogP contribution in [-0.4, -0.2) is 22.6 Å². The van der Waals surface area contributed by atoms with Crippen molar-refractivity contribution in [3.8, 4) is 10.4 Å². The molecule has 2 aromatic heterocycles. The predicted octanol–water partition coefficient (Wildman–Crippen LogP) is 7.40. The van der Waals surface area contributed by atoms with Crippen molar-refractivity contribution in [2.75, 3.05) is 11.9 Å². The van der Waals surface area contributed by atoms with Crippen molar-refractivity contribution in [1.29, 1.82) is 0 Å². The van der Waals surface area contributed by atoms with Crippen molar-refractivity contribution in [2.45, 2.75) is 50.7 Å². The van der Waals surface area contributed by atoms with E-state index in [1.54, 1.807) is 17.5 Å². The molecule has 0 spiro atoms. The van der Waals surface area contributed by atoms with E-state index in [1.807, 2.05) is 12.3 Å². The average Bonchev–Trinajstić information content (AvgIpc) is 3.56. The van der Waals surface area contributed by atoms with Gasteiger partial charge in [-0.25, -0.2) is 4.98 Å². The molecule has 0 fully saturated rings. The van der Waals surface area contributed by atoms with Gasteiger partial charge in [0.25, 0.3) is 0 Å². The lowest BCUT2D eigenvalue weighted by Gasteiger charge is -2.13. The number of nitrogens with two attached hydrogens (primary N) is 1. The molecule has 0 unspecified atom stereocenters. The summed E-state index contributed by atoms with van der Waals surface area (Å²) in [5.41, 5.74) is 10.2. The molecule has 192 valence electrons. The van der Waals surface area contributed by atoms with Crippen molar-refractivity contribution in [3.05, 3.63) is 89.4 Å². The second kappa shape index (κ2) is 11.0.